The Balaban J connectivity index is 2.35. The van der Waals surface area contributed by atoms with Crippen molar-refractivity contribution in [2.24, 2.45) is 5.92 Å². The highest BCUT2D eigenvalue weighted by atomic mass is 79.9. The summed E-state index contributed by atoms with van der Waals surface area (Å²) in [5.74, 6) is 1.45. The van der Waals surface area contributed by atoms with E-state index in [1.165, 1.54) is 19.3 Å². The quantitative estimate of drug-likeness (QED) is 0.706. The number of nitrogens with one attached hydrogen (secondary N) is 1. The van der Waals surface area contributed by atoms with Gasteiger partial charge in [0.2, 0.25) is 0 Å². The molecule has 0 aliphatic heterocycles. The van der Waals surface area contributed by atoms with Crippen molar-refractivity contribution in [2.45, 2.75) is 39.7 Å². The SMILES string of the molecule is COc1cc(CNCCCCC(C)C)cc(Br)c1O. The normalized spacial score (nSPS) is 11.0. The van der Waals surface area contributed by atoms with Crippen molar-refractivity contribution in [1.82, 2.24) is 5.32 Å². The van der Waals surface area contributed by atoms with Crippen molar-refractivity contribution < 1.29 is 9.84 Å². The van der Waals surface area contributed by atoms with Crippen LogP contribution in [0.1, 0.15) is 38.7 Å². The molecule has 2 N–H and O–H groups in total. The van der Waals surface area contributed by atoms with Gasteiger partial charge < -0.3 is 15.2 Å². The lowest BCUT2D eigenvalue weighted by Gasteiger charge is -2.10. The molecule has 0 fully saturated rings. The Morgan fingerprint density at radius 3 is 2.68 bits per heavy atom. The zero-order valence-corrected chi connectivity index (χ0v) is 13.6. The topological polar surface area (TPSA) is 41.5 Å². The van der Waals surface area contributed by atoms with Crippen LogP contribution in [-0.2, 0) is 6.54 Å². The molecule has 1 rings (SSSR count). The van der Waals surface area contributed by atoms with E-state index in [0.717, 1.165) is 24.6 Å². The van der Waals surface area contributed by atoms with Gasteiger partial charge in [-0.15, -0.1) is 0 Å². The van der Waals surface area contributed by atoms with Gasteiger partial charge in [-0.3, -0.25) is 0 Å². The maximum Gasteiger partial charge on any atom is 0.172 e. The first-order valence-electron chi connectivity index (χ1n) is 6.80. The Bertz CT molecular complexity index is 394. The number of phenolic OH excluding ortho intramolecular Hbond substituents is 1. The minimum Gasteiger partial charge on any atom is -0.503 e. The third kappa shape index (κ3) is 5.83. The molecule has 0 aromatic heterocycles. The fourth-order valence-corrected chi connectivity index (χ4v) is 2.41. The number of ether oxygens (including phenoxy) is 1. The lowest BCUT2D eigenvalue weighted by atomic mass is 10.1. The van der Waals surface area contributed by atoms with Crippen molar-refractivity contribution in [3.8, 4) is 11.5 Å². The van der Waals surface area contributed by atoms with Crippen LogP contribution in [0.3, 0.4) is 0 Å². The second-order valence-electron chi connectivity index (χ2n) is 5.19. The molecule has 19 heavy (non-hydrogen) atoms. The van der Waals surface area contributed by atoms with E-state index in [4.69, 9.17) is 4.74 Å². The number of methoxy groups -OCH3 is 1. The molecular weight excluding hydrogens is 306 g/mol. The Kier molecular flexibility index (Phi) is 7.24. The number of rotatable bonds is 8. The van der Waals surface area contributed by atoms with E-state index in [9.17, 15) is 5.11 Å². The van der Waals surface area contributed by atoms with E-state index in [2.05, 4.69) is 35.1 Å². The predicted molar refractivity (Wildman–Crippen MR) is 82.8 cm³/mol. The van der Waals surface area contributed by atoms with Crippen LogP contribution < -0.4 is 10.1 Å². The Labute approximate surface area is 124 Å². The number of halogens is 1. The number of hydrogen-bond acceptors (Lipinski definition) is 3. The van der Waals surface area contributed by atoms with Crippen LogP contribution in [0.15, 0.2) is 16.6 Å². The fourth-order valence-electron chi connectivity index (χ4n) is 1.92. The van der Waals surface area contributed by atoms with Crippen molar-refractivity contribution in [3.05, 3.63) is 22.2 Å². The summed E-state index contributed by atoms with van der Waals surface area (Å²) in [6, 6.07) is 3.78. The Morgan fingerprint density at radius 1 is 1.32 bits per heavy atom. The predicted octanol–water partition coefficient (Wildman–Crippen LogP) is 4.08. The molecule has 0 spiro atoms. The largest absolute Gasteiger partial charge is 0.503 e. The third-order valence-corrected chi connectivity index (χ3v) is 3.63. The standard InChI is InChI=1S/C15H24BrNO2/c1-11(2)6-4-5-7-17-10-12-8-13(16)15(18)14(9-12)19-3/h8-9,11,17-18H,4-7,10H2,1-3H3. The molecule has 3 nitrogen and oxygen atoms in total. The van der Waals surface area contributed by atoms with Gasteiger partial charge in [-0.05, 0) is 52.5 Å². The smallest absolute Gasteiger partial charge is 0.172 e. The summed E-state index contributed by atoms with van der Waals surface area (Å²) in [5, 5.41) is 13.1. The number of benzene rings is 1. The zero-order chi connectivity index (χ0) is 14.3. The van der Waals surface area contributed by atoms with Crippen LogP contribution >= 0.6 is 15.9 Å². The second kappa shape index (κ2) is 8.43. The van der Waals surface area contributed by atoms with Crippen molar-refractivity contribution in [1.29, 1.82) is 0 Å². The molecule has 108 valence electrons. The first-order chi connectivity index (χ1) is 9.04. The van der Waals surface area contributed by atoms with E-state index in [1.807, 2.05) is 12.1 Å². The molecule has 0 aliphatic carbocycles. The summed E-state index contributed by atoms with van der Waals surface area (Å²) < 4.78 is 5.80. The third-order valence-electron chi connectivity index (χ3n) is 3.02. The molecule has 0 saturated heterocycles. The lowest BCUT2D eigenvalue weighted by Crippen LogP contribution is -2.14. The van der Waals surface area contributed by atoms with E-state index in [1.54, 1.807) is 7.11 Å². The van der Waals surface area contributed by atoms with Gasteiger partial charge in [0.05, 0.1) is 11.6 Å². The molecule has 0 radical (unpaired) electrons. The molecule has 4 heteroatoms. The Hall–Kier alpha value is -0.740. The highest BCUT2D eigenvalue weighted by molar-refractivity contribution is 9.10. The fraction of sp³-hybridized carbons (Fsp3) is 0.600. The number of aromatic hydroxyl groups is 1. The molecule has 0 atom stereocenters. The monoisotopic (exact) mass is 329 g/mol. The summed E-state index contributed by atoms with van der Waals surface area (Å²) in [6.07, 6.45) is 3.77. The van der Waals surface area contributed by atoms with Gasteiger partial charge in [-0.25, -0.2) is 0 Å². The molecule has 0 heterocycles. The van der Waals surface area contributed by atoms with Gasteiger partial charge in [-0.2, -0.15) is 0 Å². The lowest BCUT2D eigenvalue weighted by molar-refractivity contribution is 0.371. The first kappa shape index (κ1) is 16.3. The van der Waals surface area contributed by atoms with Crippen molar-refractivity contribution in [2.75, 3.05) is 13.7 Å². The molecule has 0 saturated carbocycles. The Morgan fingerprint density at radius 2 is 2.05 bits per heavy atom. The molecule has 0 unspecified atom stereocenters. The average molecular weight is 330 g/mol. The highest BCUT2D eigenvalue weighted by Gasteiger charge is 2.08. The van der Waals surface area contributed by atoms with Gasteiger partial charge >= 0.3 is 0 Å². The summed E-state index contributed by atoms with van der Waals surface area (Å²) in [6.45, 7) is 6.33. The summed E-state index contributed by atoms with van der Waals surface area (Å²) in [4.78, 5) is 0. The maximum absolute atomic E-state index is 9.72. The number of phenols is 1. The maximum atomic E-state index is 9.72. The molecule has 1 aromatic carbocycles. The van der Waals surface area contributed by atoms with E-state index < -0.39 is 0 Å². The summed E-state index contributed by atoms with van der Waals surface area (Å²) >= 11 is 3.33. The van der Waals surface area contributed by atoms with Crippen LogP contribution in [0.2, 0.25) is 0 Å². The second-order valence-corrected chi connectivity index (χ2v) is 6.05. The molecule has 1 aromatic rings. The van der Waals surface area contributed by atoms with E-state index in [0.29, 0.717) is 10.2 Å². The van der Waals surface area contributed by atoms with Crippen LogP contribution in [0, 0.1) is 5.92 Å². The van der Waals surface area contributed by atoms with Gasteiger partial charge in [0.1, 0.15) is 0 Å². The molecular formula is C15H24BrNO2. The van der Waals surface area contributed by atoms with Crippen molar-refractivity contribution >= 4 is 15.9 Å². The summed E-state index contributed by atoms with van der Waals surface area (Å²) in [5.41, 5.74) is 1.10. The number of unbranched alkanes of at least 4 members (excludes halogenated alkanes) is 1. The van der Waals surface area contributed by atoms with Crippen LogP contribution in [0.4, 0.5) is 0 Å². The zero-order valence-electron chi connectivity index (χ0n) is 12.0. The van der Waals surface area contributed by atoms with Gasteiger partial charge in [-0.1, -0.05) is 26.7 Å². The molecule has 0 bridgehead atoms. The minimum absolute atomic E-state index is 0.156. The van der Waals surface area contributed by atoms with E-state index in [-0.39, 0.29) is 5.75 Å². The van der Waals surface area contributed by atoms with Crippen LogP contribution in [0.25, 0.3) is 0 Å². The number of hydrogen-bond donors (Lipinski definition) is 2. The van der Waals surface area contributed by atoms with Gasteiger partial charge in [0, 0.05) is 6.54 Å². The molecule has 0 aliphatic rings. The van der Waals surface area contributed by atoms with Gasteiger partial charge in [0.25, 0.3) is 0 Å². The van der Waals surface area contributed by atoms with Gasteiger partial charge in [0.15, 0.2) is 11.5 Å². The average Bonchev–Trinajstić information content (AvgIpc) is 2.37. The van der Waals surface area contributed by atoms with Crippen LogP contribution in [-0.4, -0.2) is 18.8 Å². The minimum atomic E-state index is 0.156. The summed E-state index contributed by atoms with van der Waals surface area (Å²) in [7, 11) is 1.56. The van der Waals surface area contributed by atoms with Crippen molar-refractivity contribution in [3.63, 3.8) is 0 Å². The van der Waals surface area contributed by atoms with E-state index >= 15 is 0 Å². The first-order valence-corrected chi connectivity index (χ1v) is 7.60. The highest BCUT2D eigenvalue weighted by Crippen LogP contribution is 2.35. The van der Waals surface area contributed by atoms with Crippen LogP contribution in [0.5, 0.6) is 11.5 Å². The molecule has 0 amide bonds.